The van der Waals surface area contributed by atoms with Crippen molar-refractivity contribution in [2.75, 3.05) is 6.54 Å². The number of amides is 2. The molecule has 13 heavy (non-hydrogen) atoms. The van der Waals surface area contributed by atoms with Gasteiger partial charge in [-0.25, -0.2) is 4.79 Å². The van der Waals surface area contributed by atoms with Gasteiger partial charge in [0.1, 0.15) is 0 Å². The van der Waals surface area contributed by atoms with Gasteiger partial charge in [-0.15, -0.1) is 0 Å². The topological polar surface area (TPSA) is 67.1 Å². The number of hydrogen-bond donors (Lipinski definition) is 3. The Kier molecular flexibility index (Phi) is 4.77. The Morgan fingerprint density at radius 3 is 2.38 bits per heavy atom. The fourth-order valence-electron chi connectivity index (χ4n) is 0.923. The average molecular weight is 187 g/mol. The van der Waals surface area contributed by atoms with Crippen LogP contribution in [0.1, 0.15) is 34.1 Å². The van der Waals surface area contributed by atoms with Gasteiger partial charge in [-0.1, -0.05) is 0 Å². The highest BCUT2D eigenvalue weighted by atomic mass is 16.2. The predicted octanol–water partition coefficient (Wildman–Crippen LogP) is 0.821. The Labute approximate surface area is 80.3 Å². The van der Waals surface area contributed by atoms with Crippen molar-refractivity contribution in [1.82, 2.24) is 10.6 Å². The molecule has 0 aliphatic carbocycles. The Morgan fingerprint density at radius 1 is 1.46 bits per heavy atom. The van der Waals surface area contributed by atoms with Gasteiger partial charge in [-0.3, -0.25) is 0 Å². The maximum absolute atomic E-state index is 11.3. The zero-order valence-corrected chi connectivity index (χ0v) is 8.98. The van der Waals surface area contributed by atoms with Gasteiger partial charge in [0.05, 0.1) is 0 Å². The molecule has 0 radical (unpaired) electrons. The van der Waals surface area contributed by atoms with Gasteiger partial charge in [0, 0.05) is 11.6 Å². The lowest BCUT2D eigenvalue weighted by Gasteiger charge is -2.22. The third-order valence-corrected chi connectivity index (χ3v) is 1.47. The van der Waals surface area contributed by atoms with Crippen molar-refractivity contribution in [1.29, 1.82) is 0 Å². The molecule has 78 valence electrons. The average Bonchev–Trinajstić information content (AvgIpc) is 1.81. The minimum Gasteiger partial charge on any atom is -0.336 e. The lowest BCUT2D eigenvalue weighted by molar-refractivity contribution is 0.228. The van der Waals surface area contributed by atoms with Crippen LogP contribution in [0, 0.1) is 0 Å². The zero-order valence-electron chi connectivity index (χ0n) is 8.98. The van der Waals surface area contributed by atoms with Gasteiger partial charge >= 0.3 is 6.03 Å². The quantitative estimate of drug-likeness (QED) is 0.612. The molecule has 0 fully saturated rings. The van der Waals surface area contributed by atoms with E-state index in [0.717, 1.165) is 6.42 Å². The maximum atomic E-state index is 11.3. The number of carbonyl (C=O) groups is 1. The maximum Gasteiger partial charge on any atom is 0.315 e. The molecule has 0 saturated heterocycles. The van der Waals surface area contributed by atoms with Crippen LogP contribution in [0.3, 0.4) is 0 Å². The van der Waals surface area contributed by atoms with Gasteiger partial charge in [-0.2, -0.15) is 0 Å². The lowest BCUT2D eigenvalue weighted by Crippen LogP contribution is -2.49. The Hall–Kier alpha value is -0.770. The number of carbonyl (C=O) groups excluding carboxylic acids is 1. The largest absolute Gasteiger partial charge is 0.336 e. The Balaban J connectivity index is 3.74. The number of hydrogen-bond acceptors (Lipinski definition) is 2. The van der Waals surface area contributed by atoms with E-state index in [-0.39, 0.29) is 17.6 Å². The minimum atomic E-state index is -0.188. The number of urea groups is 1. The van der Waals surface area contributed by atoms with E-state index in [1.165, 1.54) is 0 Å². The first kappa shape index (κ1) is 12.2. The summed E-state index contributed by atoms with van der Waals surface area (Å²) in [6.45, 7) is 8.37. The molecule has 0 aromatic rings. The zero-order chi connectivity index (χ0) is 10.5. The molecule has 0 heterocycles. The van der Waals surface area contributed by atoms with Crippen LogP contribution in [0.5, 0.6) is 0 Å². The molecule has 0 saturated carbocycles. The standard InChI is InChI=1S/C9H21N3O/c1-7(5-6-10)11-8(13)12-9(2,3)4/h7H,5-6,10H2,1-4H3,(H2,11,12,13). The summed E-state index contributed by atoms with van der Waals surface area (Å²) < 4.78 is 0. The molecule has 0 aliphatic heterocycles. The lowest BCUT2D eigenvalue weighted by atomic mass is 10.1. The summed E-state index contributed by atoms with van der Waals surface area (Å²) in [5.41, 5.74) is 5.17. The highest BCUT2D eigenvalue weighted by molar-refractivity contribution is 5.74. The van der Waals surface area contributed by atoms with E-state index >= 15 is 0 Å². The second kappa shape index (κ2) is 5.07. The molecular weight excluding hydrogens is 166 g/mol. The molecule has 4 heteroatoms. The van der Waals surface area contributed by atoms with Crippen molar-refractivity contribution in [3.63, 3.8) is 0 Å². The summed E-state index contributed by atoms with van der Waals surface area (Å²) in [5, 5.41) is 5.62. The van der Waals surface area contributed by atoms with Crippen LogP contribution in [-0.4, -0.2) is 24.2 Å². The van der Waals surface area contributed by atoms with Crippen molar-refractivity contribution >= 4 is 6.03 Å². The van der Waals surface area contributed by atoms with Crippen LogP contribution in [0.4, 0.5) is 4.79 Å². The van der Waals surface area contributed by atoms with Gasteiger partial charge < -0.3 is 16.4 Å². The molecule has 1 atom stereocenters. The second-order valence-electron chi connectivity index (χ2n) is 4.33. The number of nitrogens with one attached hydrogen (secondary N) is 2. The summed E-state index contributed by atoms with van der Waals surface area (Å²) in [7, 11) is 0. The molecule has 0 rings (SSSR count). The van der Waals surface area contributed by atoms with Gasteiger partial charge in [0.25, 0.3) is 0 Å². The van der Waals surface area contributed by atoms with Crippen LogP contribution in [0.2, 0.25) is 0 Å². The molecule has 0 aromatic heterocycles. The summed E-state index contributed by atoms with van der Waals surface area (Å²) in [6.07, 6.45) is 0.803. The van der Waals surface area contributed by atoms with E-state index in [0.29, 0.717) is 6.54 Å². The van der Waals surface area contributed by atoms with Gasteiger partial charge in [0.15, 0.2) is 0 Å². The van der Waals surface area contributed by atoms with Crippen LogP contribution < -0.4 is 16.4 Å². The van der Waals surface area contributed by atoms with Crippen LogP contribution in [-0.2, 0) is 0 Å². The molecule has 0 aliphatic rings. The van der Waals surface area contributed by atoms with Gasteiger partial charge in [-0.05, 0) is 40.7 Å². The normalized spacial score (nSPS) is 13.6. The second-order valence-corrected chi connectivity index (χ2v) is 4.33. The monoisotopic (exact) mass is 187 g/mol. The van der Waals surface area contributed by atoms with Crippen LogP contribution in [0.25, 0.3) is 0 Å². The van der Waals surface area contributed by atoms with E-state index < -0.39 is 0 Å². The van der Waals surface area contributed by atoms with E-state index in [4.69, 9.17) is 5.73 Å². The SMILES string of the molecule is CC(CCN)NC(=O)NC(C)(C)C. The molecule has 1 unspecified atom stereocenters. The van der Waals surface area contributed by atoms with Crippen molar-refractivity contribution < 1.29 is 4.79 Å². The highest BCUT2D eigenvalue weighted by Crippen LogP contribution is 1.98. The molecule has 2 amide bonds. The summed E-state index contributed by atoms with van der Waals surface area (Å²) >= 11 is 0. The Morgan fingerprint density at radius 2 is 2.00 bits per heavy atom. The molecule has 0 spiro atoms. The highest BCUT2D eigenvalue weighted by Gasteiger charge is 2.14. The summed E-state index contributed by atoms with van der Waals surface area (Å²) in [6, 6.07) is 0.000741. The van der Waals surface area contributed by atoms with Crippen LogP contribution in [0.15, 0.2) is 0 Å². The third kappa shape index (κ3) is 7.59. The van der Waals surface area contributed by atoms with Crippen molar-refractivity contribution in [2.45, 2.75) is 45.7 Å². The van der Waals surface area contributed by atoms with Gasteiger partial charge in [0.2, 0.25) is 0 Å². The summed E-state index contributed by atoms with van der Waals surface area (Å²) in [5.74, 6) is 0. The number of nitrogens with two attached hydrogens (primary N) is 1. The minimum absolute atomic E-state index is 0.131. The van der Waals surface area contributed by atoms with Crippen molar-refractivity contribution in [3.05, 3.63) is 0 Å². The van der Waals surface area contributed by atoms with Crippen molar-refractivity contribution in [3.8, 4) is 0 Å². The molecule has 4 nitrogen and oxygen atoms in total. The van der Waals surface area contributed by atoms with Crippen molar-refractivity contribution in [2.24, 2.45) is 5.73 Å². The first-order valence-corrected chi connectivity index (χ1v) is 4.64. The van der Waals surface area contributed by atoms with E-state index in [2.05, 4.69) is 10.6 Å². The first-order valence-electron chi connectivity index (χ1n) is 4.64. The Bertz CT molecular complexity index is 163. The third-order valence-electron chi connectivity index (χ3n) is 1.47. The molecule has 0 bridgehead atoms. The smallest absolute Gasteiger partial charge is 0.315 e. The summed E-state index contributed by atoms with van der Waals surface area (Å²) in [4.78, 5) is 11.3. The fraction of sp³-hybridized carbons (Fsp3) is 0.889. The first-order chi connectivity index (χ1) is 5.85. The van der Waals surface area contributed by atoms with E-state index in [1.807, 2.05) is 27.7 Å². The predicted molar refractivity (Wildman–Crippen MR) is 54.6 cm³/mol. The van der Waals surface area contributed by atoms with E-state index in [1.54, 1.807) is 0 Å². The number of rotatable bonds is 3. The van der Waals surface area contributed by atoms with E-state index in [9.17, 15) is 4.79 Å². The molecule has 0 aromatic carbocycles. The fourth-order valence-corrected chi connectivity index (χ4v) is 0.923. The molecular formula is C9H21N3O. The molecule has 4 N–H and O–H groups in total. The van der Waals surface area contributed by atoms with Crippen LogP contribution >= 0.6 is 0 Å².